The van der Waals surface area contributed by atoms with Crippen LogP contribution >= 0.6 is 0 Å². The van der Waals surface area contributed by atoms with Gasteiger partial charge in [0.1, 0.15) is 0 Å². The number of rotatable bonds is 3. The average Bonchev–Trinajstić information content (AvgIpc) is 2.29. The standard InChI is InChI=1S/C11H16N2O/c1-2-10(8-12-5-1)9-13-11-3-6-14-7-4-11/h1-2,5,8,11,13H,3-4,6-7,9H2. The molecule has 1 aliphatic heterocycles. The van der Waals surface area contributed by atoms with Crippen LogP contribution in [0.2, 0.25) is 0 Å². The summed E-state index contributed by atoms with van der Waals surface area (Å²) in [5.41, 5.74) is 1.25. The third kappa shape index (κ3) is 2.79. The zero-order valence-corrected chi connectivity index (χ0v) is 8.28. The molecule has 3 nitrogen and oxygen atoms in total. The van der Waals surface area contributed by atoms with Gasteiger partial charge < -0.3 is 10.1 Å². The van der Waals surface area contributed by atoms with Crippen LogP contribution in [-0.4, -0.2) is 24.2 Å². The summed E-state index contributed by atoms with van der Waals surface area (Å²) in [6.07, 6.45) is 5.96. The van der Waals surface area contributed by atoms with Crippen LogP contribution in [0.3, 0.4) is 0 Å². The Balaban J connectivity index is 1.76. The van der Waals surface area contributed by atoms with Gasteiger partial charge in [-0.2, -0.15) is 0 Å². The van der Waals surface area contributed by atoms with Crippen LogP contribution in [0.15, 0.2) is 24.5 Å². The lowest BCUT2D eigenvalue weighted by Gasteiger charge is -2.23. The van der Waals surface area contributed by atoms with Gasteiger partial charge in [0, 0.05) is 38.2 Å². The molecule has 1 fully saturated rings. The summed E-state index contributed by atoms with van der Waals surface area (Å²) in [6, 6.07) is 4.68. The molecule has 14 heavy (non-hydrogen) atoms. The second-order valence-electron chi connectivity index (χ2n) is 3.63. The smallest absolute Gasteiger partial charge is 0.0480 e. The van der Waals surface area contributed by atoms with Crippen molar-refractivity contribution in [3.8, 4) is 0 Å². The van der Waals surface area contributed by atoms with E-state index in [2.05, 4.69) is 16.4 Å². The largest absolute Gasteiger partial charge is 0.381 e. The van der Waals surface area contributed by atoms with Crippen molar-refractivity contribution in [3.05, 3.63) is 30.1 Å². The maximum Gasteiger partial charge on any atom is 0.0480 e. The number of ether oxygens (including phenoxy) is 1. The third-order valence-electron chi connectivity index (χ3n) is 2.54. The number of hydrogen-bond donors (Lipinski definition) is 1. The van der Waals surface area contributed by atoms with Crippen LogP contribution in [0.25, 0.3) is 0 Å². The minimum Gasteiger partial charge on any atom is -0.381 e. The van der Waals surface area contributed by atoms with E-state index in [-0.39, 0.29) is 0 Å². The molecule has 0 radical (unpaired) electrons. The summed E-state index contributed by atoms with van der Waals surface area (Å²) in [5, 5.41) is 3.52. The number of aromatic nitrogens is 1. The first-order valence-electron chi connectivity index (χ1n) is 5.15. The fraction of sp³-hybridized carbons (Fsp3) is 0.545. The Hall–Kier alpha value is -0.930. The Labute approximate surface area is 84.5 Å². The summed E-state index contributed by atoms with van der Waals surface area (Å²) in [4.78, 5) is 4.08. The maximum absolute atomic E-state index is 5.30. The normalized spacial score (nSPS) is 18.3. The van der Waals surface area contributed by atoms with Crippen LogP contribution in [-0.2, 0) is 11.3 Å². The minimum absolute atomic E-state index is 0.615. The monoisotopic (exact) mass is 192 g/mol. The van der Waals surface area contributed by atoms with E-state index in [0.29, 0.717) is 6.04 Å². The molecular formula is C11H16N2O. The fourth-order valence-electron chi connectivity index (χ4n) is 1.67. The van der Waals surface area contributed by atoms with Crippen LogP contribution < -0.4 is 5.32 Å². The highest BCUT2D eigenvalue weighted by atomic mass is 16.5. The summed E-state index contributed by atoms with van der Waals surface area (Å²) in [6.45, 7) is 2.70. The van der Waals surface area contributed by atoms with Gasteiger partial charge in [0.25, 0.3) is 0 Å². The molecule has 1 saturated heterocycles. The van der Waals surface area contributed by atoms with Gasteiger partial charge in [0.05, 0.1) is 0 Å². The molecule has 0 unspecified atom stereocenters. The van der Waals surface area contributed by atoms with Crippen LogP contribution in [0.4, 0.5) is 0 Å². The van der Waals surface area contributed by atoms with E-state index in [0.717, 1.165) is 32.6 Å². The maximum atomic E-state index is 5.30. The van der Waals surface area contributed by atoms with Crippen LogP contribution in [0, 0.1) is 0 Å². The lowest BCUT2D eigenvalue weighted by Crippen LogP contribution is -2.34. The molecule has 0 saturated carbocycles. The van der Waals surface area contributed by atoms with E-state index in [9.17, 15) is 0 Å². The van der Waals surface area contributed by atoms with Gasteiger partial charge in [-0.15, -0.1) is 0 Å². The molecule has 1 aromatic rings. The van der Waals surface area contributed by atoms with E-state index in [4.69, 9.17) is 4.74 Å². The molecular weight excluding hydrogens is 176 g/mol. The molecule has 0 aliphatic carbocycles. The molecule has 2 rings (SSSR count). The summed E-state index contributed by atoms with van der Waals surface area (Å²) in [7, 11) is 0. The molecule has 0 aromatic carbocycles. The average molecular weight is 192 g/mol. The van der Waals surface area contributed by atoms with E-state index in [1.807, 2.05) is 12.3 Å². The highest BCUT2D eigenvalue weighted by Gasteiger charge is 2.12. The Bertz CT molecular complexity index is 257. The summed E-state index contributed by atoms with van der Waals surface area (Å²) in [5.74, 6) is 0. The Kier molecular flexibility index (Phi) is 3.49. The van der Waals surface area contributed by atoms with Crippen molar-refractivity contribution in [2.45, 2.75) is 25.4 Å². The van der Waals surface area contributed by atoms with Gasteiger partial charge in [0.2, 0.25) is 0 Å². The minimum atomic E-state index is 0.615. The number of nitrogens with one attached hydrogen (secondary N) is 1. The van der Waals surface area contributed by atoms with Crippen molar-refractivity contribution >= 4 is 0 Å². The zero-order valence-electron chi connectivity index (χ0n) is 8.28. The lowest BCUT2D eigenvalue weighted by atomic mass is 10.1. The van der Waals surface area contributed by atoms with Crippen LogP contribution in [0.1, 0.15) is 18.4 Å². The predicted octanol–water partition coefficient (Wildman–Crippen LogP) is 1.35. The molecule has 1 N–H and O–H groups in total. The van der Waals surface area contributed by atoms with Gasteiger partial charge in [0.15, 0.2) is 0 Å². The van der Waals surface area contributed by atoms with Crippen molar-refractivity contribution in [3.63, 3.8) is 0 Å². The first kappa shape index (κ1) is 9.62. The molecule has 1 aliphatic rings. The fourth-order valence-corrected chi connectivity index (χ4v) is 1.67. The highest BCUT2D eigenvalue weighted by Crippen LogP contribution is 2.07. The summed E-state index contributed by atoms with van der Waals surface area (Å²) >= 11 is 0. The van der Waals surface area contributed by atoms with Crippen molar-refractivity contribution in [2.24, 2.45) is 0 Å². The topological polar surface area (TPSA) is 34.2 Å². The first-order chi connectivity index (χ1) is 6.95. The van der Waals surface area contributed by atoms with Gasteiger partial charge in [-0.3, -0.25) is 4.98 Å². The highest BCUT2D eigenvalue weighted by molar-refractivity contribution is 5.07. The van der Waals surface area contributed by atoms with Crippen molar-refractivity contribution in [1.82, 2.24) is 10.3 Å². The third-order valence-corrected chi connectivity index (χ3v) is 2.54. The molecule has 0 amide bonds. The predicted molar refractivity (Wildman–Crippen MR) is 54.9 cm³/mol. The van der Waals surface area contributed by atoms with Gasteiger partial charge in [-0.1, -0.05) is 6.07 Å². The SMILES string of the molecule is c1cncc(CNC2CCOCC2)c1. The Morgan fingerprint density at radius 1 is 1.43 bits per heavy atom. The second-order valence-corrected chi connectivity index (χ2v) is 3.63. The molecule has 0 bridgehead atoms. The number of hydrogen-bond acceptors (Lipinski definition) is 3. The van der Waals surface area contributed by atoms with Crippen molar-refractivity contribution < 1.29 is 4.74 Å². The summed E-state index contributed by atoms with van der Waals surface area (Å²) < 4.78 is 5.30. The molecule has 2 heterocycles. The molecule has 76 valence electrons. The lowest BCUT2D eigenvalue weighted by molar-refractivity contribution is 0.0776. The van der Waals surface area contributed by atoms with Crippen molar-refractivity contribution in [2.75, 3.05) is 13.2 Å². The zero-order chi connectivity index (χ0) is 9.64. The van der Waals surface area contributed by atoms with E-state index >= 15 is 0 Å². The molecule has 0 spiro atoms. The second kappa shape index (κ2) is 5.08. The Morgan fingerprint density at radius 2 is 2.29 bits per heavy atom. The molecule has 1 aromatic heterocycles. The Morgan fingerprint density at radius 3 is 3.00 bits per heavy atom. The van der Waals surface area contributed by atoms with E-state index in [1.54, 1.807) is 6.20 Å². The van der Waals surface area contributed by atoms with E-state index < -0.39 is 0 Å². The number of pyridine rings is 1. The number of nitrogens with zero attached hydrogens (tertiary/aromatic N) is 1. The van der Waals surface area contributed by atoms with Crippen molar-refractivity contribution in [1.29, 1.82) is 0 Å². The molecule has 3 heteroatoms. The molecule has 0 atom stereocenters. The van der Waals surface area contributed by atoms with Gasteiger partial charge >= 0.3 is 0 Å². The quantitative estimate of drug-likeness (QED) is 0.785. The van der Waals surface area contributed by atoms with Gasteiger partial charge in [-0.05, 0) is 24.5 Å². The van der Waals surface area contributed by atoms with Crippen LogP contribution in [0.5, 0.6) is 0 Å². The first-order valence-corrected chi connectivity index (χ1v) is 5.15. The van der Waals surface area contributed by atoms with Gasteiger partial charge in [-0.25, -0.2) is 0 Å². The van der Waals surface area contributed by atoms with E-state index in [1.165, 1.54) is 5.56 Å².